The molecule has 0 atom stereocenters. The molecule has 0 amide bonds. The van der Waals surface area contributed by atoms with Crippen molar-refractivity contribution in [1.82, 2.24) is 0 Å². The van der Waals surface area contributed by atoms with Gasteiger partial charge < -0.3 is 18.1 Å². The summed E-state index contributed by atoms with van der Waals surface area (Å²) in [5.41, 5.74) is 0. The zero-order chi connectivity index (χ0) is 11.0. The van der Waals surface area contributed by atoms with Crippen LogP contribution in [0.1, 0.15) is 27.7 Å². The van der Waals surface area contributed by atoms with Crippen molar-refractivity contribution in [2.24, 2.45) is 0 Å². The van der Waals surface area contributed by atoms with Crippen LogP contribution >= 0.6 is 17.2 Å². The Morgan fingerprint density at radius 3 is 1.20 bits per heavy atom. The zero-order valence-corrected chi connectivity index (χ0v) is 10.7. The number of hydrogen-bond donors (Lipinski definition) is 0. The number of hydrogen-bond acceptors (Lipinski definition) is 5. The van der Waals surface area contributed by atoms with Crippen LogP contribution in [0, 0.1) is 0 Å². The molecule has 15 heavy (non-hydrogen) atoms. The molecular weight excluding hydrogens is 238 g/mol. The molecular formula is C8H12O5P2. The van der Waals surface area contributed by atoms with Gasteiger partial charge in [0.25, 0.3) is 0 Å². The molecule has 0 aromatic carbocycles. The lowest BCUT2D eigenvalue weighted by atomic mass is 10.5. The van der Waals surface area contributed by atoms with Crippen LogP contribution in [0.15, 0.2) is 23.0 Å². The van der Waals surface area contributed by atoms with Crippen molar-refractivity contribution < 1.29 is 22.4 Å². The molecule has 84 valence electrons. The van der Waals surface area contributed by atoms with Crippen molar-refractivity contribution in [2.75, 3.05) is 0 Å². The Hall–Kier alpha value is -0.500. The molecule has 0 unspecified atom stereocenters. The SMILES string of the molecule is CC1=C(C)OP(OP2OC(C)=C(C)O2)O1. The first-order valence-corrected chi connectivity index (χ1v) is 6.60. The number of rotatable bonds is 2. The first kappa shape index (κ1) is 11.0. The van der Waals surface area contributed by atoms with Crippen LogP contribution in [0.5, 0.6) is 0 Å². The molecule has 0 saturated carbocycles. The summed E-state index contributed by atoms with van der Waals surface area (Å²) in [5, 5.41) is 0. The molecule has 0 saturated heterocycles. The van der Waals surface area contributed by atoms with Gasteiger partial charge in [0.1, 0.15) is 23.0 Å². The van der Waals surface area contributed by atoms with Crippen molar-refractivity contribution in [3.05, 3.63) is 23.0 Å². The van der Waals surface area contributed by atoms with E-state index in [-0.39, 0.29) is 0 Å². The van der Waals surface area contributed by atoms with Gasteiger partial charge in [-0.05, 0) is 27.7 Å². The van der Waals surface area contributed by atoms with Gasteiger partial charge in [0.2, 0.25) is 0 Å². The van der Waals surface area contributed by atoms with Gasteiger partial charge in [0.05, 0.1) is 0 Å². The molecule has 0 N–H and O–H groups in total. The highest BCUT2D eigenvalue weighted by Gasteiger charge is 2.36. The van der Waals surface area contributed by atoms with Gasteiger partial charge in [0.15, 0.2) is 0 Å². The van der Waals surface area contributed by atoms with E-state index in [1.165, 1.54) is 0 Å². The van der Waals surface area contributed by atoms with Gasteiger partial charge in [0, 0.05) is 0 Å². The molecule has 7 heteroatoms. The second-order valence-corrected chi connectivity index (χ2v) is 5.40. The monoisotopic (exact) mass is 250 g/mol. The second kappa shape index (κ2) is 4.17. The van der Waals surface area contributed by atoms with Crippen LogP contribution in [0.4, 0.5) is 0 Å². The van der Waals surface area contributed by atoms with Crippen LogP contribution in [0.2, 0.25) is 0 Å². The van der Waals surface area contributed by atoms with Gasteiger partial charge in [-0.2, -0.15) is 4.31 Å². The lowest BCUT2D eigenvalue weighted by Gasteiger charge is -2.11. The summed E-state index contributed by atoms with van der Waals surface area (Å²) in [6, 6.07) is 0. The molecule has 2 rings (SSSR count). The van der Waals surface area contributed by atoms with E-state index < -0.39 is 17.2 Å². The van der Waals surface area contributed by atoms with Crippen molar-refractivity contribution in [2.45, 2.75) is 27.7 Å². The molecule has 2 aliphatic rings. The molecule has 5 nitrogen and oxygen atoms in total. The topological polar surface area (TPSA) is 46.2 Å². The summed E-state index contributed by atoms with van der Waals surface area (Å²) in [4.78, 5) is 0. The van der Waals surface area contributed by atoms with Gasteiger partial charge >= 0.3 is 17.2 Å². The van der Waals surface area contributed by atoms with E-state index in [0.29, 0.717) is 0 Å². The second-order valence-electron chi connectivity index (χ2n) is 3.12. The van der Waals surface area contributed by atoms with Gasteiger partial charge in [-0.25, -0.2) is 0 Å². The molecule has 0 radical (unpaired) electrons. The zero-order valence-electron chi connectivity index (χ0n) is 8.94. The molecule has 2 heterocycles. The summed E-state index contributed by atoms with van der Waals surface area (Å²) in [6.07, 6.45) is 0. The van der Waals surface area contributed by atoms with Gasteiger partial charge in [-0.3, -0.25) is 0 Å². The molecule has 0 spiro atoms. The molecule has 0 aromatic rings. The quantitative estimate of drug-likeness (QED) is 0.691. The first-order valence-electron chi connectivity index (χ1n) is 4.41. The van der Waals surface area contributed by atoms with Crippen LogP contribution in [-0.4, -0.2) is 0 Å². The Balaban J connectivity index is 1.82. The molecule has 2 aliphatic heterocycles. The van der Waals surface area contributed by atoms with E-state index in [9.17, 15) is 0 Å². The van der Waals surface area contributed by atoms with E-state index in [1.54, 1.807) is 0 Å². The smallest absolute Gasteiger partial charge is 0.419 e. The van der Waals surface area contributed by atoms with E-state index in [4.69, 9.17) is 22.4 Å². The highest BCUT2D eigenvalue weighted by atomic mass is 31.2. The summed E-state index contributed by atoms with van der Waals surface area (Å²) in [7, 11) is -2.79. The van der Waals surface area contributed by atoms with Crippen LogP contribution in [-0.2, 0) is 22.4 Å². The predicted molar refractivity (Wildman–Crippen MR) is 56.0 cm³/mol. The normalized spacial score (nSPS) is 22.7. The van der Waals surface area contributed by atoms with E-state index in [0.717, 1.165) is 23.0 Å². The lowest BCUT2D eigenvalue weighted by Crippen LogP contribution is -1.82. The minimum absolute atomic E-state index is 0.747. The van der Waals surface area contributed by atoms with Crippen LogP contribution in [0.25, 0.3) is 0 Å². The lowest BCUT2D eigenvalue weighted by molar-refractivity contribution is 0.306. The van der Waals surface area contributed by atoms with Crippen molar-refractivity contribution in [1.29, 1.82) is 0 Å². The maximum absolute atomic E-state index is 5.41. The fraction of sp³-hybridized carbons (Fsp3) is 0.500. The summed E-state index contributed by atoms with van der Waals surface area (Å²) >= 11 is 0. The fourth-order valence-electron chi connectivity index (χ4n) is 0.863. The third kappa shape index (κ3) is 2.36. The highest BCUT2D eigenvalue weighted by molar-refractivity contribution is 7.56. The third-order valence-electron chi connectivity index (χ3n) is 1.97. The minimum Gasteiger partial charge on any atom is -0.419 e. The fourth-order valence-corrected chi connectivity index (χ4v) is 3.31. The van der Waals surface area contributed by atoms with Crippen LogP contribution < -0.4 is 0 Å². The largest absolute Gasteiger partial charge is 0.471 e. The number of allylic oxidation sites excluding steroid dienone is 4. The Bertz CT molecular complexity index is 278. The third-order valence-corrected chi connectivity index (χ3v) is 4.73. The van der Waals surface area contributed by atoms with Crippen molar-refractivity contribution in [3.8, 4) is 0 Å². The summed E-state index contributed by atoms with van der Waals surface area (Å²) < 4.78 is 26.8. The Morgan fingerprint density at radius 1 is 0.667 bits per heavy atom. The minimum atomic E-state index is -1.39. The Labute approximate surface area is 91.0 Å². The maximum Gasteiger partial charge on any atom is 0.471 e. The Kier molecular flexibility index (Phi) is 3.06. The molecule has 0 bridgehead atoms. The maximum atomic E-state index is 5.41. The van der Waals surface area contributed by atoms with Gasteiger partial charge in [-0.1, -0.05) is 0 Å². The van der Waals surface area contributed by atoms with Crippen molar-refractivity contribution >= 4 is 17.2 Å². The van der Waals surface area contributed by atoms with Gasteiger partial charge in [-0.15, -0.1) is 0 Å². The standard InChI is InChI=1S/C8H12O5P2/c1-5-6(2)10-14(9-5)13-15-11-7(3)8(4)12-15/h1-4H3. The Morgan fingerprint density at radius 2 is 0.933 bits per heavy atom. The van der Waals surface area contributed by atoms with E-state index in [2.05, 4.69) is 0 Å². The molecule has 0 aliphatic carbocycles. The first-order chi connectivity index (χ1) is 7.06. The molecule has 0 aromatic heterocycles. The highest BCUT2D eigenvalue weighted by Crippen LogP contribution is 2.63. The van der Waals surface area contributed by atoms with Crippen LogP contribution in [0.3, 0.4) is 0 Å². The van der Waals surface area contributed by atoms with E-state index in [1.807, 2.05) is 27.7 Å². The molecule has 0 fully saturated rings. The summed E-state index contributed by atoms with van der Waals surface area (Å²) in [5.74, 6) is 2.99. The van der Waals surface area contributed by atoms with Crippen molar-refractivity contribution in [3.63, 3.8) is 0 Å². The predicted octanol–water partition coefficient (Wildman–Crippen LogP) is 4.05. The summed E-state index contributed by atoms with van der Waals surface area (Å²) in [6.45, 7) is 7.33. The average Bonchev–Trinajstić information content (AvgIpc) is 2.59. The van der Waals surface area contributed by atoms with E-state index >= 15 is 0 Å². The average molecular weight is 250 g/mol.